The third kappa shape index (κ3) is 4.98. The number of aryl methyl sites for hydroxylation is 1. The van der Waals surface area contributed by atoms with Crippen molar-refractivity contribution in [2.45, 2.75) is 95.8 Å². The Hall–Kier alpha value is -2.42. The van der Waals surface area contributed by atoms with Crippen LogP contribution in [0.15, 0.2) is 6.33 Å². The first-order valence-corrected chi connectivity index (χ1v) is 12.1. The topological polar surface area (TPSA) is 116 Å². The number of nitrogens with two attached hydrogens (primary N) is 1. The molecule has 0 radical (unpaired) electrons. The van der Waals surface area contributed by atoms with Gasteiger partial charge in [-0.1, -0.05) is 0 Å². The maximum Gasteiger partial charge on any atom is 0.408 e. The highest BCUT2D eigenvalue weighted by atomic mass is 32.1. The van der Waals surface area contributed by atoms with Crippen LogP contribution in [0.25, 0.3) is 10.2 Å². The van der Waals surface area contributed by atoms with Crippen LogP contribution in [0.2, 0.25) is 0 Å². The Kier molecular flexibility index (Phi) is 6.04. The summed E-state index contributed by atoms with van der Waals surface area (Å²) < 4.78 is 11.8. The molecule has 2 amide bonds. The standard InChI is InChI=1S/C23H32N4O4S/c1-22(2,3)31-21(29)27-23(4)9-7-14(8-10-23)30-19-18-17-13(11-16(24)28)5-6-15(17)32-20(18)26-12-25-19/h12-14H,5-11H2,1-4H3,(H2,24,28)(H,27,29)/t13-,14-,23-/m1/s1. The van der Waals surface area contributed by atoms with Crippen molar-refractivity contribution in [1.29, 1.82) is 0 Å². The number of fused-ring (bicyclic) bond motifs is 3. The summed E-state index contributed by atoms with van der Waals surface area (Å²) >= 11 is 1.66. The summed E-state index contributed by atoms with van der Waals surface area (Å²) in [6.07, 6.45) is 6.55. The molecule has 0 bridgehead atoms. The molecular formula is C23H32N4O4S. The Bertz CT molecular complexity index is 1020. The van der Waals surface area contributed by atoms with Gasteiger partial charge in [-0.15, -0.1) is 11.3 Å². The predicted molar refractivity (Wildman–Crippen MR) is 123 cm³/mol. The van der Waals surface area contributed by atoms with Crippen molar-refractivity contribution in [1.82, 2.24) is 15.3 Å². The number of alkyl carbamates (subject to hydrolysis) is 1. The molecule has 2 aliphatic rings. The van der Waals surface area contributed by atoms with Crippen LogP contribution in [0, 0.1) is 0 Å². The molecule has 1 saturated carbocycles. The highest BCUT2D eigenvalue weighted by Gasteiger charge is 2.36. The zero-order chi connectivity index (χ0) is 23.1. The van der Waals surface area contributed by atoms with Gasteiger partial charge >= 0.3 is 6.09 Å². The third-order valence-electron chi connectivity index (χ3n) is 6.26. The third-order valence-corrected chi connectivity index (χ3v) is 7.43. The summed E-state index contributed by atoms with van der Waals surface area (Å²) in [5.41, 5.74) is 5.79. The number of rotatable bonds is 5. The molecule has 0 unspecified atom stereocenters. The highest BCUT2D eigenvalue weighted by Crippen LogP contribution is 2.47. The van der Waals surface area contributed by atoms with Crippen LogP contribution >= 0.6 is 11.3 Å². The zero-order valence-corrected chi connectivity index (χ0v) is 20.0. The monoisotopic (exact) mass is 460 g/mol. The molecule has 0 aliphatic heterocycles. The fourth-order valence-corrected chi connectivity index (χ4v) is 5.99. The van der Waals surface area contributed by atoms with Crippen molar-refractivity contribution in [3.63, 3.8) is 0 Å². The molecular weight excluding hydrogens is 428 g/mol. The van der Waals surface area contributed by atoms with Crippen LogP contribution in [-0.2, 0) is 16.0 Å². The number of aromatic nitrogens is 2. The van der Waals surface area contributed by atoms with Crippen LogP contribution < -0.4 is 15.8 Å². The van der Waals surface area contributed by atoms with Gasteiger partial charge in [-0.2, -0.15) is 0 Å². The minimum absolute atomic E-state index is 0.00755. The predicted octanol–water partition coefficient (Wildman–Crippen LogP) is 4.20. The summed E-state index contributed by atoms with van der Waals surface area (Å²) in [5, 5.41) is 3.98. The van der Waals surface area contributed by atoms with E-state index in [1.807, 2.05) is 20.8 Å². The number of hydrogen-bond donors (Lipinski definition) is 2. The summed E-state index contributed by atoms with van der Waals surface area (Å²) in [6, 6.07) is 0. The van der Waals surface area contributed by atoms with Crippen molar-refractivity contribution in [3.05, 3.63) is 16.8 Å². The molecule has 3 N–H and O–H groups in total. The number of hydrogen-bond acceptors (Lipinski definition) is 7. The lowest BCUT2D eigenvalue weighted by molar-refractivity contribution is -0.118. The van der Waals surface area contributed by atoms with E-state index in [1.165, 1.54) is 4.88 Å². The van der Waals surface area contributed by atoms with Crippen LogP contribution in [0.4, 0.5) is 4.79 Å². The van der Waals surface area contributed by atoms with E-state index in [-0.39, 0.29) is 29.6 Å². The maximum atomic E-state index is 12.2. The number of carbonyl (C=O) groups excluding carboxylic acids is 2. The van der Waals surface area contributed by atoms with Crippen LogP contribution in [0.5, 0.6) is 5.88 Å². The summed E-state index contributed by atoms with van der Waals surface area (Å²) in [5.74, 6) is 0.417. The van der Waals surface area contributed by atoms with Gasteiger partial charge in [0.25, 0.3) is 0 Å². The van der Waals surface area contributed by atoms with Gasteiger partial charge < -0.3 is 20.5 Å². The molecule has 2 aromatic rings. The molecule has 2 aliphatic carbocycles. The summed E-state index contributed by atoms with van der Waals surface area (Å²) in [7, 11) is 0. The van der Waals surface area contributed by atoms with Gasteiger partial charge in [0.1, 0.15) is 22.9 Å². The first kappa shape index (κ1) is 22.8. The first-order chi connectivity index (χ1) is 15.0. The van der Waals surface area contributed by atoms with Crippen LogP contribution in [0.1, 0.15) is 82.6 Å². The van der Waals surface area contributed by atoms with E-state index in [0.29, 0.717) is 12.3 Å². The van der Waals surface area contributed by atoms with Crippen molar-refractivity contribution in [2.24, 2.45) is 5.73 Å². The van der Waals surface area contributed by atoms with Crippen LogP contribution in [-0.4, -0.2) is 39.2 Å². The largest absolute Gasteiger partial charge is 0.474 e. The van der Waals surface area contributed by atoms with Gasteiger partial charge in [0.2, 0.25) is 11.8 Å². The van der Waals surface area contributed by atoms with Gasteiger partial charge in [-0.05, 0) is 77.7 Å². The lowest BCUT2D eigenvalue weighted by Gasteiger charge is -2.38. The smallest absolute Gasteiger partial charge is 0.408 e. The lowest BCUT2D eigenvalue weighted by Crippen LogP contribution is -2.51. The molecule has 4 rings (SSSR count). The van der Waals surface area contributed by atoms with Crippen molar-refractivity contribution >= 4 is 33.6 Å². The fraction of sp³-hybridized carbons (Fsp3) is 0.652. The summed E-state index contributed by atoms with van der Waals surface area (Å²) in [4.78, 5) is 34.9. The van der Waals surface area contributed by atoms with E-state index in [0.717, 1.165) is 54.3 Å². The molecule has 0 aromatic carbocycles. The van der Waals surface area contributed by atoms with Crippen molar-refractivity contribution < 1.29 is 19.1 Å². The van der Waals surface area contributed by atoms with E-state index in [4.69, 9.17) is 15.2 Å². The normalized spacial score (nSPS) is 25.4. The molecule has 1 atom stereocenters. The molecule has 0 saturated heterocycles. The number of thiophene rings is 1. The van der Waals surface area contributed by atoms with Crippen molar-refractivity contribution in [2.75, 3.05) is 0 Å². The number of nitrogens with one attached hydrogen (secondary N) is 1. The number of ether oxygens (including phenoxy) is 2. The number of amides is 2. The average molecular weight is 461 g/mol. The van der Waals surface area contributed by atoms with Crippen LogP contribution in [0.3, 0.4) is 0 Å². The van der Waals surface area contributed by atoms with Gasteiger partial charge in [0.05, 0.1) is 5.39 Å². The number of carbonyl (C=O) groups is 2. The number of nitrogens with zero attached hydrogens (tertiary/aromatic N) is 2. The van der Waals surface area contributed by atoms with Crippen molar-refractivity contribution in [3.8, 4) is 5.88 Å². The summed E-state index contributed by atoms with van der Waals surface area (Å²) in [6.45, 7) is 7.63. The quantitative estimate of drug-likeness (QED) is 0.691. The van der Waals surface area contributed by atoms with Gasteiger partial charge in [0.15, 0.2) is 0 Å². The molecule has 2 heterocycles. The average Bonchev–Trinajstić information content (AvgIpc) is 3.22. The van der Waals surface area contributed by atoms with Gasteiger partial charge in [-0.25, -0.2) is 14.8 Å². The van der Waals surface area contributed by atoms with E-state index in [2.05, 4.69) is 22.2 Å². The molecule has 32 heavy (non-hydrogen) atoms. The zero-order valence-electron chi connectivity index (χ0n) is 19.2. The Balaban J connectivity index is 1.45. The first-order valence-electron chi connectivity index (χ1n) is 11.3. The Morgan fingerprint density at radius 3 is 2.62 bits per heavy atom. The number of primary amides is 1. The fourth-order valence-electron chi connectivity index (χ4n) is 4.76. The highest BCUT2D eigenvalue weighted by molar-refractivity contribution is 7.19. The minimum atomic E-state index is -0.522. The second-order valence-electron chi connectivity index (χ2n) is 10.2. The van der Waals surface area contributed by atoms with E-state index >= 15 is 0 Å². The molecule has 8 nitrogen and oxygen atoms in total. The Morgan fingerprint density at radius 2 is 1.97 bits per heavy atom. The molecule has 9 heteroatoms. The van der Waals surface area contributed by atoms with Gasteiger partial charge in [0, 0.05) is 16.8 Å². The van der Waals surface area contributed by atoms with E-state index in [1.54, 1.807) is 17.7 Å². The lowest BCUT2D eigenvalue weighted by atomic mass is 9.82. The molecule has 174 valence electrons. The second kappa shape index (κ2) is 8.50. The molecule has 0 spiro atoms. The Morgan fingerprint density at radius 1 is 1.25 bits per heavy atom. The van der Waals surface area contributed by atoms with E-state index < -0.39 is 5.60 Å². The second-order valence-corrected chi connectivity index (χ2v) is 11.3. The van der Waals surface area contributed by atoms with E-state index in [9.17, 15) is 9.59 Å². The Labute approximate surface area is 192 Å². The maximum absolute atomic E-state index is 12.2. The van der Waals surface area contributed by atoms with Gasteiger partial charge in [-0.3, -0.25) is 4.79 Å². The SMILES string of the molecule is CC(C)(C)OC(=O)N[C@]1(C)CC[C@@H](Oc2ncnc3sc4c(c23)[C@@H](CC(N)=O)CC4)CC1. The minimum Gasteiger partial charge on any atom is -0.474 e. The molecule has 1 fully saturated rings. The molecule has 2 aromatic heterocycles.